The van der Waals surface area contributed by atoms with E-state index in [9.17, 15) is 14.9 Å². The average molecular weight is 1210 g/mol. The molecule has 11 rings (SSSR count). The van der Waals surface area contributed by atoms with Crippen LogP contribution < -0.4 is 9.47 Å². The van der Waals surface area contributed by atoms with Crippen molar-refractivity contribution in [3.8, 4) is 11.5 Å². The standard InChI is InChI=1S/C66H79NO20/c1-39-50(81-62-56(75-36-42-26-32-47(72-8)33-27-42)53(74-35-41-24-30-46(71-7)31-25-41)51-48(80-62)37-76-59(82-51)43-18-11-9-12-19-43)55-58(87-66(5,6)86-55)63(78-39)84-54-52-49(38-77-60(83-52)44-20-13-10-14-21-44)79-61(57(54)85-64(68)65(2,3)4)73-34-16-15-17-40-22-28-45(29-23-40)67(69)70/h9-14,18-33,39,48-63H,15-17,34-38H2,1-8H3/t39?,48?,49?,50-,51-,52-,53-,54-,55?,56?,57?,58-,59?,60?,61+,62?,63-/m0/s1. The lowest BCUT2D eigenvalue weighted by molar-refractivity contribution is -0.401. The number of rotatable bonds is 22. The van der Waals surface area contributed by atoms with E-state index in [4.69, 9.17) is 80.5 Å². The van der Waals surface area contributed by atoms with Crippen molar-refractivity contribution < 1.29 is 90.2 Å². The number of carbonyl (C=O) groups is 1. The van der Waals surface area contributed by atoms with Gasteiger partial charge in [0.1, 0.15) is 72.5 Å². The van der Waals surface area contributed by atoms with Gasteiger partial charge in [-0.05, 0) is 102 Å². The Hall–Kier alpha value is -5.99. The summed E-state index contributed by atoms with van der Waals surface area (Å²) in [6.07, 6.45) is -13.6. The summed E-state index contributed by atoms with van der Waals surface area (Å²) >= 11 is 0. The molecule has 6 aliphatic rings. The molecule has 0 saturated carbocycles. The van der Waals surface area contributed by atoms with Crippen molar-refractivity contribution in [1.82, 2.24) is 0 Å². The van der Waals surface area contributed by atoms with Crippen molar-refractivity contribution in [2.24, 2.45) is 5.41 Å². The van der Waals surface area contributed by atoms with E-state index in [1.807, 2.05) is 130 Å². The third kappa shape index (κ3) is 15.0. The smallest absolute Gasteiger partial charge is 0.311 e. The molecule has 17 atom stereocenters. The van der Waals surface area contributed by atoms with Gasteiger partial charge < -0.3 is 80.5 Å². The molecule has 21 nitrogen and oxygen atoms in total. The van der Waals surface area contributed by atoms with Gasteiger partial charge in [0.15, 0.2) is 43.3 Å². The molecule has 9 unspecified atom stereocenters. The van der Waals surface area contributed by atoms with Crippen LogP contribution in [-0.4, -0.2) is 143 Å². The first-order valence-electron chi connectivity index (χ1n) is 29.8. The molecule has 87 heavy (non-hydrogen) atoms. The zero-order chi connectivity index (χ0) is 60.8. The van der Waals surface area contributed by atoms with Crippen molar-refractivity contribution >= 4 is 11.7 Å². The zero-order valence-electron chi connectivity index (χ0n) is 50.3. The largest absolute Gasteiger partial charge is 0.497 e. The molecule has 6 saturated heterocycles. The summed E-state index contributed by atoms with van der Waals surface area (Å²) in [6, 6.07) is 41.0. The van der Waals surface area contributed by atoms with E-state index >= 15 is 0 Å². The third-order valence-electron chi connectivity index (χ3n) is 16.2. The number of methoxy groups -OCH3 is 2. The summed E-state index contributed by atoms with van der Waals surface area (Å²) in [6.45, 7) is 11.5. The van der Waals surface area contributed by atoms with Gasteiger partial charge in [-0.25, -0.2) is 0 Å². The van der Waals surface area contributed by atoms with Crippen LogP contribution in [0.2, 0.25) is 0 Å². The topological polar surface area (TPSA) is 217 Å². The number of unbranched alkanes of at least 4 members (excludes halogenated alkanes) is 1. The van der Waals surface area contributed by atoms with E-state index < -0.39 is 127 Å². The minimum absolute atomic E-state index is 0.0266. The number of carbonyl (C=O) groups excluding carboxylic acids is 1. The van der Waals surface area contributed by atoms with E-state index in [-0.39, 0.29) is 38.7 Å². The van der Waals surface area contributed by atoms with Crippen molar-refractivity contribution in [3.63, 3.8) is 0 Å². The summed E-state index contributed by atoms with van der Waals surface area (Å²) in [5.41, 5.74) is 3.38. The van der Waals surface area contributed by atoms with Gasteiger partial charge >= 0.3 is 5.97 Å². The number of nitrogens with zero attached hydrogens (tertiary/aromatic N) is 1. The van der Waals surface area contributed by atoms with Gasteiger partial charge in [-0.15, -0.1) is 0 Å². The van der Waals surface area contributed by atoms with Crippen LogP contribution in [0.1, 0.15) is 94.8 Å². The third-order valence-corrected chi connectivity index (χ3v) is 16.2. The maximum Gasteiger partial charge on any atom is 0.311 e. The molecule has 5 aromatic carbocycles. The number of esters is 1. The molecule has 0 radical (unpaired) electrons. The number of fused-ring (bicyclic) bond motifs is 3. The van der Waals surface area contributed by atoms with E-state index in [1.165, 1.54) is 12.1 Å². The Balaban J connectivity index is 0.883. The molecule has 6 heterocycles. The van der Waals surface area contributed by atoms with E-state index in [1.54, 1.807) is 47.1 Å². The normalized spacial score (nSPS) is 32.0. The quantitative estimate of drug-likeness (QED) is 0.0272. The van der Waals surface area contributed by atoms with Gasteiger partial charge in [-0.2, -0.15) is 0 Å². The van der Waals surface area contributed by atoms with Gasteiger partial charge in [-0.3, -0.25) is 14.9 Å². The highest BCUT2D eigenvalue weighted by Crippen LogP contribution is 2.45. The summed E-state index contributed by atoms with van der Waals surface area (Å²) in [4.78, 5) is 25.0. The average Bonchev–Trinajstić information content (AvgIpc) is 2.18. The number of hydrogen-bond donors (Lipinski definition) is 0. The van der Waals surface area contributed by atoms with Gasteiger partial charge in [-0.1, -0.05) is 97.1 Å². The Kier molecular flexibility index (Phi) is 20.0. The monoisotopic (exact) mass is 1210 g/mol. The Morgan fingerprint density at radius 3 is 1.63 bits per heavy atom. The number of nitro benzene ring substituents is 1. The minimum atomic E-state index is -1.20. The summed E-state index contributed by atoms with van der Waals surface area (Å²) < 4.78 is 113. The predicted molar refractivity (Wildman–Crippen MR) is 310 cm³/mol. The van der Waals surface area contributed by atoms with Gasteiger partial charge in [0.2, 0.25) is 0 Å². The molecule has 468 valence electrons. The molecule has 0 amide bonds. The molecule has 6 aliphatic heterocycles. The molecule has 5 aromatic rings. The summed E-state index contributed by atoms with van der Waals surface area (Å²) in [7, 11) is 3.24. The van der Waals surface area contributed by atoms with Gasteiger partial charge in [0, 0.05) is 29.9 Å². The highest BCUT2D eigenvalue weighted by atomic mass is 16.8. The molecule has 0 spiro atoms. The first-order valence-corrected chi connectivity index (χ1v) is 29.8. The molecule has 0 N–H and O–H groups in total. The second-order valence-corrected chi connectivity index (χ2v) is 24.0. The summed E-state index contributed by atoms with van der Waals surface area (Å²) in [5.74, 6) is -0.296. The minimum Gasteiger partial charge on any atom is -0.497 e. The maximum atomic E-state index is 14.2. The Morgan fingerprint density at radius 2 is 1.08 bits per heavy atom. The lowest BCUT2D eigenvalue weighted by Gasteiger charge is -2.52. The zero-order valence-corrected chi connectivity index (χ0v) is 50.3. The van der Waals surface area contributed by atoms with Crippen molar-refractivity contribution in [2.45, 2.75) is 185 Å². The highest BCUT2D eigenvalue weighted by molar-refractivity contribution is 5.75. The maximum absolute atomic E-state index is 14.2. The molecule has 0 aromatic heterocycles. The number of ether oxygens (including phenoxy) is 17. The van der Waals surface area contributed by atoms with Crippen LogP contribution in [0.25, 0.3) is 0 Å². The second-order valence-electron chi connectivity index (χ2n) is 24.0. The van der Waals surface area contributed by atoms with E-state index in [0.29, 0.717) is 30.8 Å². The van der Waals surface area contributed by atoms with Crippen LogP contribution in [0.3, 0.4) is 0 Å². The fourth-order valence-electron chi connectivity index (χ4n) is 11.6. The van der Waals surface area contributed by atoms with Gasteiger partial charge in [0.05, 0.1) is 57.1 Å². The summed E-state index contributed by atoms with van der Waals surface area (Å²) in [5, 5.41) is 11.3. The van der Waals surface area contributed by atoms with E-state index in [0.717, 1.165) is 27.8 Å². The van der Waals surface area contributed by atoms with Crippen LogP contribution in [-0.2, 0) is 95.5 Å². The Labute approximate surface area is 507 Å². The molecular formula is C66H79NO20. The second kappa shape index (κ2) is 27.8. The SMILES string of the molecule is COc1ccc(COC2C(O[C@H]3C(C)O[C@@H](O[C@@H]4C(OC(=O)C(C)(C)C)[C@H](OCCCCc5ccc([N+](=O)[O-])cc5)OC5COC(c6ccccc6)O[C@@H]54)[C@H]4OC(C)(C)OC34)OC3COC(c4ccccc4)O[C@@H]3[C@@H]2OCc2ccc(OC)cc2)cc1. The van der Waals surface area contributed by atoms with Crippen LogP contribution >= 0.6 is 0 Å². The van der Waals surface area contributed by atoms with Crippen LogP contribution in [0.5, 0.6) is 11.5 Å². The van der Waals surface area contributed by atoms with E-state index in [2.05, 4.69) is 0 Å². The lowest BCUT2D eigenvalue weighted by atomic mass is 9.94. The van der Waals surface area contributed by atoms with Crippen molar-refractivity contribution in [3.05, 3.63) is 171 Å². The molecule has 0 bridgehead atoms. The van der Waals surface area contributed by atoms with Crippen LogP contribution in [0, 0.1) is 15.5 Å². The van der Waals surface area contributed by atoms with Gasteiger partial charge in [0.25, 0.3) is 5.69 Å². The molecule has 0 aliphatic carbocycles. The Morgan fingerprint density at radius 1 is 0.563 bits per heavy atom. The van der Waals surface area contributed by atoms with Crippen LogP contribution in [0.15, 0.2) is 133 Å². The number of non-ortho nitro benzene ring substituents is 1. The van der Waals surface area contributed by atoms with Crippen molar-refractivity contribution in [1.29, 1.82) is 0 Å². The number of nitro groups is 1. The predicted octanol–water partition coefficient (Wildman–Crippen LogP) is 9.79. The van der Waals surface area contributed by atoms with Crippen LogP contribution in [0.4, 0.5) is 5.69 Å². The molecule has 21 heteroatoms. The van der Waals surface area contributed by atoms with Crippen molar-refractivity contribution in [2.75, 3.05) is 34.0 Å². The number of aryl methyl sites for hydroxylation is 1. The number of hydrogen-bond acceptors (Lipinski definition) is 20. The Bertz CT molecular complexity index is 3000. The highest BCUT2D eigenvalue weighted by Gasteiger charge is 2.61. The fraction of sp³-hybridized carbons (Fsp3) is 0.530. The lowest BCUT2D eigenvalue weighted by Crippen LogP contribution is -2.67. The molecule has 6 fully saturated rings. The molecular weight excluding hydrogens is 1130 g/mol. The fourth-order valence-corrected chi connectivity index (χ4v) is 11.6. The first-order chi connectivity index (χ1) is 42.0. The first kappa shape index (κ1) is 62.6. The number of benzene rings is 5.